The van der Waals surface area contributed by atoms with Gasteiger partial charge in [-0.2, -0.15) is 0 Å². The molecule has 92 valence electrons. The number of carbonyl (C=O) groups is 1. The summed E-state index contributed by atoms with van der Waals surface area (Å²) in [4.78, 5) is 11.9. The predicted molar refractivity (Wildman–Crippen MR) is 73.2 cm³/mol. The number of rotatable bonds is 2. The second kappa shape index (κ2) is 5.31. The number of aryl methyl sites for hydroxylation is 1. The van der Waals surface area contributed by atoms with E-state index >= 15 is 0 Å². The van der Waals surface area contributed by atoms with Crippen molar-refractivity contribution in [2.45, 2.75) is 6.92 Å². The topological polar surface area (TPSA) is 29.1 Å². The summed E-state index contributed by atoms with van der Waals surface area (Å²) in [6.07, 6.45) is 0. The summed E-state index contributed by atoms with van der Waals surface area (Å²) in [6.45, 7) is 1.88. The van der Waals surface area contributed by atoms with E-state index in [2.05, 4.69) is 21.2 Å². The Morgan fingerprint density at radius 2 is 1.94 bits per heavy atom. The number of benzene rings is 2. The van der Waals surface area contributed by atoms with Crippen molar-refractivity contribution in [3.05, 3.63) is 63.9 Å². The van der Waals surface area contributed by atoms with E-state index in [1.165, 1.54) is 12.1 Å². The van der Waals surface area contributed by atoms with Gasteiger partial charge in [0.05, 0.1) is 5.56 Å². The van der Waals surface area contributed by atoms with Crippen LogP contribution in [0.2, 0.25) is 0 Å². The van der Waals surface area contributed by atoms with E-state index in [1.807, 2.05) is 19.1 Å². The first-order valence-corrected chi connectivity index (χ1v) is 6.19. The van der Waals surface area contributed by atoms with Gasteiger partial charge in [-0.3, -0.25) is 4.79 Å². The van der Waals surface area contributed by atoms with E-state index in [9.17, 15) is 9.18 Å². The van der Waals surface area contributed by atoms with Gasteiger partial charge >= 0.3 is 0 Å². The zero-order valence-corrected chi connectivity index (χ0v) is 11.3. The lowest BCUT2D eigenvalue weighted by Gasteiger charge is -2.09. The quantitative estimate of drug-likeness (QED) is 0.887. The minimum atomic E-state index is -0.523. The normalized spacial score (nSPS) is 10.2. The van der Waals surface area contributed by atoms with E-state index < -0.39 is 11.7 Å². The summed E-state index contributed by atoms with van der Waals surface area (Å²) in [7, 11) is 0. The Bertz CT molecular complexity index is 598. The van der Waals surface area contributed by atoms with Gasteiger partial charge < -0.3 is 5.32 Å². The molecule has 1 N–H and O–H groups in total. The summed E-state index contributed by atoms with van der Waals surface area (Å²) >= 11 is 3.35. The summed E-state index contributed by atoms with van der Waals surface area (Å²) in [5.41, 5.74) is 1.63. The smallest absolute Gasteiger partial charge is 0.258 e. The Labute approximate surface area is 113 Å². The van der Waals surface area contributed by atoms with Crippen LogP contribution in [0.15, 0.2) is 46.9 Å². The highest BCUT2D eigenvalue weighted by Crippen LogP contribution is 2.21. The molecule has 0 radical (unpaired) electrons. The number of anilines is 1. The third-order valence-corrected chi connectivity index (χ3v) is 3.05. The van der Waals surface area contributed by atoms with Crippen LogP contribution in [0, 0.1) is 12.7 Å². The number of nitrogens with one attached hydrogen (secondary N) is 1. The van der Waals surface area contributed by atoms with Gasteiger partial charge in [-0.05, 0) is 42.8 Å². The van der Waals surface area contributed by atoms with Gasteiger partial charge in [0.25, 0.3) is 5.91 Å². The molecular formula is C14H11BrFNO. The van der Waals surface area contributed by atoms with Gasteiger partial charge in [-0.15, -0.1) is 0 Å². The standard InChI is InChI=1S/C14H11BrFNO/c1-9-8-10(15)6-7-13(9)17-14(18)11-4-2-3-5-12(11)16/h2-8H,1H3,(H,17,18). The minimum Gasteiger partial charge on any atom is -0.322 e. The highest BCUT2D eigenvalue weighted by atomic mass is 79.9. The summed E-state index contributed by atoms with van der Waals surface area (Å²) in [5.74, 6) is -0.969. The van der Waals surface area contributed by atoms with Crippen LogP contribution in [0.5, 0.6) is 0 Å². The molecule has 0 bridgehead atoms. The van der Waals surface area contributed by atoms with Crippen molar-refractivity contribution >= 4 is 27.5 Å². The Hall–Kier alpha value is -1.68. The van der Waals surface area contributed by atoms with Gasteiger partial charge in [0.1, 0.15) is 5.82 Å². The average Bonchev–Trinajstić information content (AvgIpc) is 2.33. The predicted octanol–water partition coefficient (Wildman–Crippen LogP) is 4.15. The summed E-state index contributed by atoms with van der Waals surface area (Å²) in [5, 5.41) is 2.69. The molecule has 2 aromatic carbocycles. The first-order valence-electron chi connectivity index (χ1n) is 5.40. The number of carbonyl (C=O) groups excluding carboxylic acids is 1. The highest BCUT2D eigenvalue weighted by molar-refractivity contribution is 9.10. The van der Waals surface area contributed by atoms with Crippen molar-refractivity contribution in [1.29, 1.82) is 0 Å². The molecule has 0 aliphatic heterocycles. The van der Waals surface area contributed by atoms with Crippen molar-refractivity contribution in [3.63, 3.8) is 0 Å². The van der Waals surface area contributed by atoms with Crippen LogP contribution in [0.25, 0.3) is 0 Å². The monoisotopic (exact) mass is 307 g/mol. The molecule has 0 saturated heterocycles. The van der Waals surface area contributed by atoms with Crippen molar-refractivity contribution in [2.75, 3.05) is 5.32 Å². The summed E-state index contributed by atoms with van der Waals surface area (Å²) in [6, 6.07) is 11.4. The average molecular weight is 308 g/mol. The lowest BCUT2D eigenvalue weighted by molar-refractivity contribution is 0.102. The van der Waals surface area contributed by atoms with E-state index in [-0.39, 0.29) is 5.56 Å². The van der Waals surface area contributed by atoms with Gasteiger partial charge in [-0.1, -0.05) is 28.1 Å². The molecule has 2 nitrogen and oxygen atoms in total. The highest BCUT2D eigenvalue weighted by Gasteiger charge is 2.11. The van der Waals surface area contributed by atoms with Gasteiger partial charge in [0.15, 0.2) is 0 Å². The van der Waals surface area contributed by atoms with Crippen LogP contribution in [-0.2, 0) is 0 Å². The fourth-order valence-corrected chi connectivity index (χ4v) is 2.08. The van der Waals surface area contributed by atoms with Crippen LogP contribution in [0.1, 0.15) is 15.9 Å². The molecule has 0 atom stereocenters. The Balaban J connectivity index is 2.24. The zero-order chi connectivity index (χ0) is 13.1. The Morgan fingerprint density at radius 1 is 1.22 bits per heavy atom. The molecule has 2 aromatic rings. The van der Waals surface area contributed by atoms with Gasteiger partial charge in [-0.25, -0.2) is 4.39 Å². The molecular weight excluding hydrogens is 297 g/mol. The largest absolute Gasteiger partial charge is 0.322 e. The molecule has 1 amide bonds. The van der Waals surface area contributed by atoms with E-state index in [1.54, 1.807) is 18.2 Å². The maximum atomic E-state index is 13.4. The molecule has 0 spiro atoms. The fourth-order valence-electron chi connectivity index (χ4n) is 1.60. The van der Waals surface area contributed by atoms with Crippen LogP contribution in [0.3, 0.4) is 0 Å². The van der Waals surface area contributed by atoms with Crippen molar-refractivity contribution < 1.29 is 9.18 Å². The first-order chi connectivity index (χ1) is 8.58. The molecule has 0 aromatic heterocycles. The lowest BCUT2D eigenvalue weighted by atomic mass is 10.1. The Kier molecular flexibility index (Phi) is 3.77. The second-order valence-corrected chi connectivity index (χ2v) is 4.81. The number of halogens is 2. The molecule has 0 aliphatic carbocycles. The molecule has 0 aliphatic rings. The number of hydrogen-bond acceptors (Lipinski definition) is 1. The van der Waals surface area contributed by atoms with Gasteiger partial charge in [0, 0.05) is 10.2 Å². The van der Waals surface area contributed by atoms with Crippen LogP contribution in [-0.4, -0.2) is 5.91 Å². The molecule has 0 heterocycles. The number of amides is 1. The van der Waals surface area contributed by atoms with Crippen molar-refractivity contribution in [3.8, 4) is 0 Å². The molecule has 0 unspecified atom stereocenters. The van der Waals surface area contributed by atoms with Crippen molar-refractivity contribution in [2.24, 2.45) is 0 Å². The lowest BCUT2D eigenvalue weighted by Crippen LogP contribution is -2.14. The molecule has 18 heavy (non-hydrogen) atoms. The maximum absolute atomic E-state index is 13.4. The molecule has 4 heteroatoms. The van der Waals surface area contributed by atoms with Crippen LogP contribution >= 0.6 is 15.9 Å². The van der Waals surface area contributed by atoms with E-state index in [0.717, 1.165) is 10.0 Å². The van der Waals surface area contributed by atoms with Crippen LogP contribution < -0.4 is 5.32 Å². The first kappa shape index (κ1) is 12.8. The third kappa shape index (κ3) is 2.76. The second-order valence-electron chi connectivity index (χ2n) is 3.89. The third-order valence-electron chi connectivity index (χ3n) is 2.56. The van der Waals surface area contributed by atoms with Crippen LogP contribution in [0.4, 0.5) is 10.1 Å². The molecule has 0 fully saturated rings. The van der Waals surface area contributed by atoms with Gasteiger partial charge in [0.2, 0.25) is 0 Å². The van der Waals surface area contributed by atoms with Crippen molar-refractivity contribution in [1.82, 2.24) is 0 Å². The SMILES string of the molecule is Cc1cc(Br)ccc1NC(=O)c1ccccc1F. The fraction of sp³-hybridized carbons (Fsp3) is 0.0714. The zero-order valence-electron chi connectivity index (χ0n) is 9.71. The summed E-state index contributed by atoms with van der Waals surface area (Å²) < 4.78 is 14.4. The Morgan fingerprint density at radius 3 is 2.61 bits per heavy atom. The number of hydrogen-bond donors (Lipinski definition) is 1. The maximum Gasteiger partial charge on any atom is 0.258 e. The van der Waals surface area contributed by atoms with E-state index in [0.29, 0.717) is 5.69 Å². The van der Waals surface area contributed by atoms with E-state index in [4.69, 9.17) is 0 Å². The minimum absolute atomic E-state index is 0.0415. The molecule has 2 rings (SSSR count). The molecule has 0 saturated carbocycles.